The maximum absolute atomic E-state index is 12.9. The molecular formula is C16H26N2O3. The Kier molecular flexibility index (Phi) is 4.48. The molecule has 1 aliphatic carbocycles. The van der Waals surface area contributed by atoms with Crippen LogP contribution in [0.5, 0.6) is 0 Å². The van der Waals surface area contributed by atoms with Crippen LogP contribution < -0.4 is 5.32 Å². The second kappa shape index (κ2) is 6.34. The van der Waals surface area contributed by atoms with Crippen molar-refractivity contribution in [2.75, 3.05) is 13.1 Å². The first kappa shape index (κ1) is 14.8. The molecule has 0 spiro atoms. The number of rotatable bonds is 4. The predicted octanol–water partition coefficient (Wildman–Crippen LogP) is 1.62. The van der Waals surface area contributed by atoms with Crippen LogP contribution in [0.25, 0.3) is 0 Å². The fraction of sp³-hybridized carbons (Fsp3) is 0.875. The van der Waals surface area contributed by atoms with Gasteiger partial charge in [0, 0.05) is 19.0 Å². The topological polar surface area (TPSA) is 69.6 Å². The van der Waals surface area contributed by atoms with Gasteiger partial charge in [0.05, 0.1) is 6.04 Å². The SMILES string of the molecule is O=C(O)CCC1CCCCN1C(=O)C1NCC2CCCC21. The number of amides is 1. The van der Waals surface area contributed by atoms with Crippen molar-refractivity contribution in [2.45, 2.75) is 63.5 Å². The van der Waals surface area contributed by atoms with E-state index >= 15 is 0 Å². The molecule has 3 rings (SSSR count). The molecule has 2 heterocycles. The maximum Gasteiger partial charge on any atom is 0.303 e. The van der Waals surface area contributed by atoms with Gasteiger partial charge in [-0.1, -0.05) is 6.42 Å². The number of aliphatic carboxylic acids is 1. The molecule has 0 aromatic heterocycles. The number of nitrogens with zero attached hydrogens (tertiary/aromatic N) is 1. The van der Waals surface area contributed by atoms with Crippen molar-refractivity contribution < 1.29 is 14.7 Å². The summed E-state index contributed by atoms with van der Waals surface area (Å²) in [5, 5.41) is 12.3. The van der Waals surface area contributed by atoms with Gasteiger partial charge in [0.1, 0.15) is 0 Å². The molecule has 0 aromatic carbocycles. The molecule has 3 aliphatic rings. The molecule has 2 aliphatic heterocycles. The van der Waals surface area contributed by atoms with Crippen LogP contribution in [0, 0.1) is 11.8 Å². The highest BCUT2D eigenvalue weighted by atomic mass is 16.4. The summed E-state index contributed by atoms with van der Waals surface area (Å²) in [5.41, 5.74) is 0. The Morgan fingerprint density at radius 1 is 1.14 bits per heavy atom. The molecular weight excluding hydrogens is 268 g/mol. The Bertz CT molecular complexity index is 412. The van der Waals surface area contributed by atoms with Crippen LogP contribution in [0.15, 0.2) is 0 Å². The first-order chi connectivity index (χ1) is 10.2. The summed E-state index contributed by atoms with van der Waals surface area (Å²) in [6.45, 7) is 1.79. The lowest BCUT2D eigenvalue weighted by Crippen LogP contribution is -2.52. The van der Waals surface area contributed by atoms with Crippen LogP contribution >= 0.6 is 0 Å². The highest BCUT2D eigenvalue weighted by Gasteiger charge is 2.44. The summed E-state index contributed by atoms with van der Waals surface area (Å²) < 4.78 is 0. The molecule has 3 fully saturated rings. The van der Waals surface area contributed by atoms with Gasteiger partial charge < -0.3 is 15.3 Å². The summed E-state index contributed by atoms with van der Waals surface area (Å²) in [6, 6.07) is 0.118. The number of carboxylic acid groups (broad SMARTS) is 1. The van der Waals surface area contributed by atoms with E-state index in [-0.39, 0.29) is 24.4 Å². The number of carbonyl (C=O) groups is 2. The van der Waals surface area contributed by atoms with Gasteiger partial charge in [0.15, 0.2) is 0 Å². The van der Waals surface area contributed by atoms with Crippen molar-refractivity contribution in [1.82, 2.24) is 10.2 Å². The van der Waals surface area contributed by atoms with Crippen LogP contribution in [0.3, 0.4) is 0 Å². The van der Waals surface area contributed by atoms with Gasteiger partial charge in [-0.15, -0.1) is 0 Å². The fourth-order valence-corrected chi connectivity index (χ4v) is 4.52. The number of nitrogens with one attached hydrogen (secondary N) is 1. The molecule has 2 saturated heterocycles. The molecule has 1 amide bonds. The summed E-state index contributed by atoms with van der Waals surface area (Å²) in [4.78, 5) is 25.7. The standard InChI is InChI=1S/C16H26N2O3/c19-14(20)8-7-12-5-1-2-9-18(12)16(21)15-13-6-3-4-11(13)10-17-15/h11-13,15,17H,1-10H2,(H,19,20). The summed E-state index contributed by atoms with van der Waals surface area (Å²) >= 11 is 0. The van der Waals surface area contributed by atoms with Crippen molar-refractivity contribution in [3.05, 3.63) is 0 Å². The Hall–Kier alpha value is -1.10. The molecule has 0 radical (unpaired) electrons. The number of carbonyl (C=O) groups excluding carboxylic acids is 1. The number of likely N-dealkylation sites (tertiary alicyclic amines) is 1. The van der Waals surface area contributed by atoms with Crippen LogP contribution in [-0.4, -0.2) is 47.1 Å². The Labute approximate surface area is 126 Å². The van der Waals surface area contributed by atoms with E-state index in [0.29, 0.717) is 18.3 Å². The average molecular weight is 294 g/mol. The second-order valence-corrected chi connectivity index (χ2v) is 6.85. The summed E-state index contributed by atoms with van der Waals surface area (Å²) in [7, 11) is 0. The Balaban J connectivity index is 1.64. The number of hydrogen-bond acceptors (Lipinski definition) is 3. The zero-order valence-corrected chi connectivity index (χ0v) is 12.6. The maximum atomic E-state index is 12.9. The van der Waals surface area contributed by atoms with Gasteiger partial charge in [0.25, 0.3) is 0 Å². The highest BCUT2D eigenvalue weighted by Crippen LogP contribution is 2.38. The molecule has 4 unspecified atom stereocenters. The van der Waals surface area contributed by atoms with E-state index in [4.69, 9.17) is 5.11 Å². The quantitative estimate of drug-likeness (QED) is 0.826. The zero-order valence-electron chi connectivity index (χ0n) is 12.6. The second-order valence-electron chi connectivity index (χ2n) is 6.85. The van der Waals surface area contributed by atoms with Gasteiger partial charge in [-0.2, -0.15) is 0 Å². The third kappa shape index (κ3) is 3.07. The molecule has 4 atom stereocenters. The van der Waals surface area contributed by atoms with Crippen molar-refractivity contribution in [3.63, 3.8) is 0 Å². The predicted molar refractivity (Wildman–Crippen MR) is 78.8 cm³/mol. The minimum Gasteiger partial charge on any atom is -0.481 e. The van der Waals surface area contributed by atoms with Crippen molar-refractivity contribution >= 4 is 11.9 Å². The average Bonchev–Trinajstić information content (AvgIpc) is 3.07. The van der Waals surface area contributed by atoms with Gasteiger partial charge >= 0.3 is 5.97 Å². The van der Waals surface area contributed by atoms with E-state index in [0.717, 1.165) is 32.4 Å². The first-order valence-electron chi connectivity index (χ1n) is 8.42. The molecule has 5 heteroatoms. The molecule has 0 aromatic rings. The van der Waals surface area contributed by atoms with Crippen LogP contribution in [-0.2, 0) is 9.59 Å². The minimum atomic E-state index is -0.761. The van der Waals surface area contributed by atoms with E-state index < -0.39 is 5.97 Å². The van der Waals surface area contributed by atoms with Gasteiger partial charge in [-0.05, 0) is 56.9 Å². The van der Waals surface area contributed by atoms with Crippen molar-refractivity contribution in [1.29, 1.82) is 0 Å². The third-order valence-electron chi connectivity index (χ3n) is 5.61. The van der Waals surface area contributed by atoms with Crippen LogP contribution in [0.2, 0.25) is 0 Å². The van der Waals surface area contributed by atoms with E-state index in [9.17, 15) is 9.59 Å². The van der Waals surface area contributed by atoms with E-state index in [1.807, 2.05) is 4.90 Å². The number of piperidine rings is 1. The van der Waals surface area contributed by atoms with Gasteiger partial charge in [0.2, 0.25) is 5.91 Å². The number of carboxylic acids is 1. The summed E-state index contributed by atoms with van der Waals surface area (Å²) in [5.74, 6) is 0.670. The van der Waals surface area contributed by atoms with E-state index in [2.05, 4.69) is 5.32 Å². The van der Waals surface area contributed by atoms with E-state index in [1.165, 1.54) is 19.3 Å². The Morgan fingerprint density at radius 3 is 2.81 bits per heavy atom. The lowest BCUT2D eigenvalue weighted by Gasteiger charge is -2.38. The molecule has 2 N–H and O–H groups in total. The Morgan fingerprint density at radius 2 is 2.00 bits per heavy atom. The third-order valence-corrected chi connectivity index (χ3v) is 5.61. The van der Waals surface area contributed by atoms with Crippen molar-refractivity contribution in [2.24, 2.45) is 11.8 Å². The first-order valence-corrected chi connectivity index (χ1v) is 8.42. The zero-order chi connectivity index (χ0) is 14.8. The van der Waals surface area contributed by atoms with E-state index in [1.54, 1.807) is 0 Å². The molecule has 21 heavy (non-hydrogen) atoms. The molecule has 0 bridgehead atoms. The fourth-order valence-electron chi connectivity index (χ4n) is 4.52. The largest absolute Gasteiger partial charge is 0.481 e. The molecule has 5 nitrogen and oxygen atoms in total. The normalized spacial score (nSPS) is 35.7. The lowest BCUT2D eigenvalue weighted by molar-refractivity contribution is -0.141. The molecule has 1 saturated carbocycles. The number of fused-ring (bicyclic) bond motifs is 1. The van der Waals surface area contributed by atoms with Crippen LogP contribution in [0.1, 0.15) is 51.4 Å². The monoisotopic (exact) mass is 294 g/mol. The lowest BCUT2D eigenvalue weighted by atomic mass is 9.91. The van der Waals surface area contributed by atoms with Gasteiger partial charge in [-0.25, -0.2) is 0 Å². The summed E-state index contributed by atoms with van der Waals surface area (Å²) in [6.07, 6.45) is 7.56. The molecule has 118 valence electrons. The van der Waals surface area contributed by atoms with Gasteiger partial charge in [-0.3, -0.25) is 9.59 Å². The smallest absolute Gasteiger partial charge is 0.303 e. The minimum absolute atomic E-state index is 0.0112. The van der Waals surface area contributed by atoms with Crippen molar-refractivity contribution in [3.8, 4) is 0 Å². The number of hydrogen-bond donors (Lipinski definition) is 2. The highest BCUT2D eigenvalue weighted by molar-refractivity contribution is 5.83. The van der Waals surface area contributed by atoms with Crippen LogP contribution in [0.4, 0.5) is 0 Å².